The Kier molecular flexibility index (Phi) is 3.35. The summed E-state index contributed by atoms with van der Waals surface area (Å²) in [4.78, 5) is 0. The monoisotopic (exact) mass is 246 g/mol. The molecule has 3 heteroatoms. The lowest BCUT2D eigenvalue weighted by Crippen LogP contribution is -1.83. The van der Waals surface area contributed by atoms with Crippen molar-refractivity contribution >= 4 is 17.4 Å². The first-order valence-electron chi connectivity index (χ1n) is 5.11. The van der Waals surface area contributed by atoms with Crippen LogP contribution in [0.3, 0.4) is 0 Å². The number of rotatable bonds is 2. The van der Waals surface area contributed by atoms with Gasteiger partial charge in [0.05, 0.1) is 5.56 Å². The van der Waals surface area contributed by atoms with Gasteiger partial charge in [-0.25, -0.2) is 0 Å². The number of halogens is 1. The van der Waals surface area contributed by atoms with E-state index in [9.17, 15) is 10.2 Å². The molecule has 2 rings (SSSR count). The molecule has 2 nitrogen and oxygen atoms in total. The lowest BCUT2D eigenvalue weighted by molar-refractivity contribution is 0.460. The number of benzene rings is 1. The van der Waals surface area contributed by atoms with Crippen molar-refractivity contribution in [2.75, 3.05) is 0 Å². The Morgan fingerprint density at radius 1 is 1.18 bits per heavy atom. The summed E-state index contributed by atoms with van der Waals surface area (Å²) >= 11 is 5.71. The number of phenolic OH excluding ortho intramolecular Hbond substituents is 1. The average molecular weight is 247 g/mol. The quantitative estimate of drug-likeness (QED) is 0.775. The molecule has 0 aromatic heterocycles. The second-order valence-electron chi connectivity index (χ2n) is 3.60. The van der Waals surface area contributed by atoms with Gasteiger partial charge in [-0.2, -0.15) is 0 Å². The predicted molar refractivity (Wildman–Crippen MR) is 70.1 cm³/mol. The minimum absolute atomic E-state index is 0.000340. The Labute approximate surface area is 104 Å². The Balaban J connectivity index is 2.27. The standard InChI is InChI=1S/C14H11ClO2/c15-11-6-7-12(14(17)9-11)13(16)8-5-10-3-1-2-4-10/h1-9,16-17H. The van der Waals surface area contributed by atoms with E-state index < -0.39 is 0 Å². The Hall–Kier alpha value is -1.93. The van der Waals surface area contributed by atoms with Gasteiger partial charge in [-0.05, 0) is 29.8 Å². The Bertz CT molecular complexity index is 537. The second kappa shape index (κ2) is 4.93. The molecule has 1 aromatic rings. The van der Waals surface area contributed by atoms with Crippen molar-refractivity contribution in [3.8, 4) is 5.75 Å². The summed E-state index contributed by atoms with van der Waals surface area (Å²) < 4.78 is 0. The zero-order valence-electron chi connectivity index (χ0n) is 8.97. The lowest BCUT2D eigenvalue weighted by Gasteiger charge is -2.03. The Morgan fingerprint density at radius 2 is 1.88 bits per heavy atom. The van der Waals surface area contributed by atoms with Crippen LogP contribution in [0.2, 0.25) is 5.02 Å². The third-order valence-corrected chi connectivity index (χ3v) is 2.59. The molecular formula is C14H11ClO2. The van der Waals surface area contributed by atoms with Crippen LogP contribution in [0.1, 0.15) is 5.56 Å². The maximum Gasteiger partial charge on any atom is 0.128 e. The largest absolute Gasteiger partial charge is 0.507 e. The van der Waals surface area contributed by atoms with Gasteiger partial charge < -0.3 is 10.2 Å². The van der Waals surface area contributed by atoms with Gasteiger partial charge in [0.2, 0.25) is 0 Å². The van der Waals surface area contributed by atoms with E-state index in [-0.39, 0.29) is 11.5 Å². The van der Waals surface area contributed by atoms with Crippen LogP contribution in [0.4, 0.5) is 0 Å². The minimum Gasteiger partial charge on any atom is -0.507 e. The van der Waals surface area contributed by atoms with Crippen LogP contribution >= 0.6 is 11.6 Å². The summed E-state index contributed by atoms with van der Waals surface area (Å²) in [5, 5.41) is 19.9. The molecule has 86 valence electrons. The maximum atomic E-state index is 9.82. The number of aromatic hydroxyl groups is 1. The average Bonchev–Trinajstić information content (AvgIpc) is 2.78. The molecule has 0 bridgehead atoms. The van der Waals surface area contributed by atoms with Crippen LogP contribution in [0.15, 0.2) is 60.2 Å². The zero-order valence-corrected chi connectivity index (χ0v) is 9.72. The van der Waals surface area contributed by atoms with Gasteiger partial charge >= 0.3 is 0 Å². The van der Waals surface area contributed by atoms with E-state index in [4.69, 9.17) is 11.6 Å². The van der Waals surface area contributed by atoms with E-state index in [1.165, 1.54) is 12.1 Å². The molecule has 1 aromatic carbocycles. The number of aliphatic hydroxyl groups excluding tert-OH is 1. The molecule has 0 unspecified atom stereocenters. The van der Waals surface area contributed by atoms with Gasteiger partial charge in [-0.3, -0.25) is 0 Å². The molecular weight excluding hydrogens is 236 g/mol. The van der Waals surface area contributed by atoms with Crippen molar-refractivity contribution < 1.29 is 10.2 Å². The number of hydrogen-bond donors (Lipinski definition) is 2. The van der Waals surface area contributed by atoms with Gasteiger partial charge in [0.1, 0.15) is 11.5 Å². The topological polar surface area (TPSA) is 40.5 Å². The number of allylic oxidation sites excluding steroid dienone is 7. The lowest BCUT2D eigenvalue weighted by atomic mass is 10.1. The van der Waals surface area contributed by atoms with Gasteiger partial charge in [0.25, 0.3) is 0 Å². The normalized spacial score (nSPS) is 14.4. The second-order valence-corrected chi connectivity index (χ2v) is 4.03. The van der Waals surface area contributed by atoms with Crippen LogP contribution in [0.5, 0.6) is 5.75 Å². The molecule has 0 radical (unpaired) electrons. The van der Waals surface area contributed by atoms with Crippen LogP contribution in [-0.4, -0.2) is 10.2 Å². The van der Waals surface area contributed by atoms with E-state index >= 15 is 0 Å². The third kappa shape index (κ3) is 2.80. The first-order valence-corrected chi connectivity index (χ1v) is 5.49. The van der Waals surface area contributed by atoms with Crippen molar-refractivity contribution in [2.45, 2.75) is 0 Å². The van der Waals surface area contributed by atoms with E-state index in [1.54, 1.807) is 18.2 Å². The molecule has 0 atom stereocenters. The molecule has 2 N–H and O–H groups in total. The fourth-order valence-corrected chi connectivity index (χ4v) is 1.65. The van der Waals surface area contributed by atoms with Gasteiger partial charge in [-0.15, -0.1) is 0 Å². The van der Waals surface area contributed by atoms with E-state index in [0.29, 0.717) is 10.6 Å². The SMILES string of the molecule is OC(=CC=C1C=CC=C1)c1ccc(Cl)cc1O. The van der Waals surface area contributed by atoms with Crippen molar-refractivity contribution in [1.29, 1.82) is 0 Å². The van der Waals surface area contributed by atoms with Crippen molar-refractivity contribution in [1.82, 2.24) is 0 Å². The van der Waals surface area contributed by atoms with E-state index in [1.807, 2.05) is 24.3 Å². The molecule has 0 spiro atoms. The van der Waals surface area contributed by atoms with Crippen LogP contribution in [-0.2, 0) is 0 Å². The maximum absolute atomic E-state index is 9.82. The summed E-state index contributed by atoms with van der Waals surface area (Å²) in [6.07, 6.45) is 11.0. The molecule has 17 heavy (non-hydrogen) atoms. The number of hydrogen-bond acceptors (Lipinski definition) is 2. The summed E-state index contributed by atoms with van der Waals surface area (Å²) in [5.41, 5.74) is 1.35. The number of aliphatic hydroxyl groups is 1. The van der Waals surface area contributed by atoms with E-state index in [2.05, 4.69) is 0 Å². The van der Waals surface area contributed by atoms with E-state index in [0.717, 1.165) is 5.57 Å². The summed E-state index contributed by atoms with van der Waals surface area (Å²) in [6.45, 7) is 0. The highest BCUT2D eigenvalue weighted by Gasteiger charge is 2.05. The first kappa shape index (κ1) is 11.6. The first-order chi connectivity index (χ1) is 8.16. The molecule has 0 saturated heterocycles. The van der Waals surface area contributed by atoms with Crippen LogP contribution in [0, 0.1) is 0 Å². The molecule has 1 aliphatic carbocycles. The number of phenols is 1. The highest BCUT2D eigenvalue weighted by Crippen LogP contribution is 2.26. The highest BCUT2D eigenvalue weighted by atomic mass is 35.5. The fourth-order valence-electron chi connectivity index (χ4n) is 1.49. The molecule has 0 aliphatic heterocycles. The molecule has 1 aliphatic rings. The van der Waals surface area contributed by atoms with Crippen molar-refractivity contribution in [2.24, 2.45) is 0 Å². The summed E-state index contributed by atoms with van der Waals surface area (Å²) in [5.74, 6) is -0.0393. The van der Waals surface area contributed by atoms with Gasteiger partial charge in [-0.1, -0.05) is 42.0 Å². The van der Waals surface area contributed by atoms with Crippen molar-refractivity contribution in [3.05, 3.63) is 70.8 Å². The summed E-state index contributed by atoms with van der Waals surface area (Å²) in [6, 6.07) is 4.58. The van der Waals surface area contributed by atoms with Gasteiger partial charge in [0, 0.05) is 5.02 Å². The third-order valence-electron chi connectivity index (χ3n) is 2.36. The predicted octanol–water partition coefficient (Wildman–Crippen LogP) is 4.00. The van der Waals surface area contributed by atoms with Crippen LogP contribution in [0.25, 0.3) is 5.76 Å². The Morgan fingerprint density at radius 3 is 2.53 bits per heavy atom. The smallest absolute Gasteiger partial charge is 0.128 e. The van der Waals surface area contributed by atoms with Crippen molar-refractivity contribution in [3.63, 3.8) is 0 Å². The highest BCUT2D eigenvalue weighted by molar-refractivity contribution is 6.30. The zero-order chi connectivity index (χ0) is 12.3. The molecule has 0 heterocycles. The fraction of sp³-hybridized carbons (Fsp3) is 0. The van der Waals surface area contributed by atoms with Crippen LogP contribution < -0.4 is 0 Å². The minimum atomic E-state index is -0.0397. The summed E-state index contributed by atoms with van der Waals surface area (Å²) in [7, 11) is 0. The van der Waals surface area contributed by atoms with Gasteiger partial charge in [0.15, 0.2) is 0 Å². The molecule has 0 amide bonds. The molecule has 0 fully saturated rings. The molecule has 0 saturated carbocycles.